The minimum atomic E-state index is 0.517. The fourth-order valence-electron chi connectivity index (χ4n) is 9.22. The van der Waals surface area contributed by atoms with Gasteiger partial charge in [-0.1, -0.05) is 123 Å². The van der Waals surface area contributed by atoms with Crippen molar-refractivity contribution < 1.29 is 0 Å². The lowest BCUT2D eigenvalue weighted by atomic mass is 9.85. The van der Waals surface area contributed by atoms with E-state index in [0.29, 0.717) is 11.8 Å². The molecule has 5 aromatic carbocycles. The van der Waals surface area contributed by atoms with Crippen LogP contribution in [0.5, 0.6) is 0 Å². The normalized spacial score (nSPS) is 16.6. The molecule has 0 bridgehead atoms. The average molecular weight is 621 g/mol. The van der Waals surface area contributed by atoms with Crippen LogP contribution in [0.15, 0.2) is 109 Å². The number of aromatic nitrogens is 2. The van der Waals surface area contributed by atoms with Gasteiger partial charge in [0.1, 0.15) is 0 Å². The Labute approximate surface area is 282 Å². The topological polar surface area (TPSA) is 25.8 Å². The van der Waals surface area contributed by atoms with E-state index in [1.54, 1.807) is 0 Å². The molecular formula is C46H40N2. The van der Waals surface area contributed by atoms with Crippen LogP contribution in [0.25, 0.3) is 77.1 Å². The lowest BCUT2D eigenvalue weighted by Gasteiger charge is -2.23. The van der Waals surface area contributed by atoms with Gasteiger partial charge in [0.2, 0.25) is 0 Å². The standard InChI is InChI=1S/C46H40N2/c1-3-10-29(11-4-1)42-25-22-32-20-24-39-40(28-43(30-12-5-2-6-13-30)48-46(39)45(32)47-42)35-17-7-16-33(26-35)34-21-23-36-37-18-8-14-31-15-9-19-38(44(31)37)41(36)27-34/h7-9,14-30H,1-6,10-13H2. The SMILES string of the molecule is c1cc(-c2ccc3c(c2)-c2cccc4cccc-3c24)cc(-c2cc(C3CCCCC3)nc3c2ccc2ccc(C4CCCCC4)nc23)c1. The molecule has 0 spiro atoms. The number of benzene rings is 5. The van der Waals surface area contributed by atoms with E-state index in [1.807, 2.05) is 0 Å². The quantitative estimate of drug-likeness (QED) is 0.183. The summed E-state index contributed by atoms with van der Waals surface area (Å²) in [5.74, 6) is 1.09. The Morgan fingerprint density at radius 2 is 1.04 bits per heavy atom. The maximum absolute atomic E-state index is 5.50. The molecule has 2 fully saturated rings. The van der Waals surface area contributed by atoms with E-state index in [4.69, 9.17) is 9.97 Å². The van der Waals surface area contributed by atoms with E-state index in [2.05, 4.69) is 109 Å². The first kappa shape index (κ1) is 28.2. The van der Waals surface area contributed by atoms with Crippen molar-refractivity contribution in [2.75, 3.05) is 0 Å². The van der Waals surface area contributed by atoms with E-state index in [0.717, 1.165) is 11.0 Å². The Morgan fingerprint density at radius 1 is 0.396 bits per heavy atom. The zero-order valence-electron chi connectivity index (χ0n) is 27.5. The molecule has 3 aliphatic rings. The maximum atomic E-state index is 5.50. The van der Waals surface area contributed by atoms with Gasteiger partial charge in [-0.15, -0.1) is 0 Å². The Balaban J connectivity index is 1.12. The van der Waals surface area contributed by atoms with E-state index in [9.17, 15) is 0 Å². The van der Waals surface area contributed by atoms with Gasteiger partial charge in [0.15, 0.2) is 0 Å². The van der Waals surface area contributed by atoms with Gasteiger partial charge in [-0.3, -0.25) is 9.97 Å². The molecule has 0 aliphatic heterocycles. The summed E-state index contributed by atoms with van der Waals surface area (Å²) >= 11 is 0. The number of hydrogen-bond acceptors (Lipinski definition) is 2. The predicted octanol–water partition coefficient (Wildman–Crippen LogP) is 13.0. The second kappa shape index (κ2) is 11.4. The monoisotopic (exact) mass is 620 g/mol. The van der Waals surface area contributed by atoms with Crippen molar-refractivity contribution in [1.29, 1.82) is 0 Å². The van der Waals surface area contributed by atoms with Gasteiger partial charge >= 0.3 is 0 Å². The first-order valence-electron chi connectivity index (χ1n) is 18.3. The zero-order valence-corrected chi connectivity index (χ0v) is 27.5. The Hall–Kier alpha value is -4.82. The molecular weight excluding hydrogens is 581 g/mol. The first-order valence-corrected chi connectivity index (χ1v) is 18.3. The zero-order chi connectivity index (χ0) is 31.6. The van der Waals surface area contributed by atoms with Crippen molar-refractivity contribution in [2.24, 2.45) is 0 Å². The largest absolute Gasteiger partial charge is 0.250 e. The van der Waals surface area contributed by atoms with Crippen LogP contribution in [0.4, 0.5) is 0 Å². The Kier molecular flexibility index (Phi) is 6.71. The molecule has 48 heavy (non-hydrogen) atoms. The molecule has 0 saturated heterocycles. The van der Waals surface area contributed by atoms with Crippen molar-refractivity contribution in [1.82, 2.24) is 9.97 Å². The summed E-state index contributed by atoms with van der Waals surface area (Å²) in [5, 5.41) is 5.11. The summed E-state index contributed by atoms with van der Waals surface area (Å²) in [6.07, 6.45) is 12.9. The van der Waals surface area contributed by atoms with Gasteiger partial charge < -0.3 is 0 Å². The number of fused-ring (bicyclic) bond motifs is 6. The van der Waals surface area contributed by atoms with Gasteiger partial charge in [0, 0.05) is 34.0 Å². The molecule has 0 amide bonds. The van der Waals surface area contributed by atoms with Gasteiger partial charge in [-0.2, -0.15) is 0 Å². The highest BCUT2D eigenvalue weighted by molar-refractivity contribution is 6.15. The predicted molar refractivity (Wildman–Crippen MR) is 202 cm³/mol. The molecule has 7 aromatic rings. The molecule has 2 saturated carbocycles. The Bertz CT molecular complexity index is 2370. The van der Waals surface area contributed by atoms with E-state index < -0.39 is 0 Å². The highest BCUT2D eigenvalue weighted by Crippen LogP contribution is 2.48. The molecule has 10 rings (SSSR count). The summed E-state index contributed by atoms with van der Waals surface area (Å²) < 4.78 is 0. The number of rotatable bonds is 4. The van der Waals surface area contributed by atoms with E-state index in [1.165, 1.54) is 142 Å². The minimum Gasteiger partial charge on any atom is -0.250 e. The van der Waals surface area contributed by atoms with Crippen LogP contribution in [0, 0.1) is 0 Å². The van der Waals surface area contributed by atoms with Crippen LogP contribution in [0.1, 0.15) is 87.4 Å². The van der Waals surface area contributed by atoms with Gasteiger partial charge in [-0.05, 0) is 105 Å². The first-order chi connectivity index (χ1) is 23.8. The Morgan fingerprint density at radius 3 is 1.83 bits per heavy atom. The van der Waals surface area contributed by atoms with Crippen LogP contribution in [0.2, 0.25) is 0 Å². The molecule has 2 heteroatoms. The van der Waals surface area contributed by atoms with Crippen LogP contribution in [-0.2, 0) is 0 Å². The van der Waals surface area contributed by atoms with Crippen LogP contribution in [-0.4, -0.2) is 9.97 Å². The summed E-state index contributed by atoms with van der Waals surface area (Å²) in [4.78, 5) is 10.9. The highest BCUT2D eigenvalue weighted by Gasteiger charge is 2.24. The lowest BCUT2D eigenvalue weighted by molar-refractivity contribution is 0.437. The fraction of sp³-hybridized carbons (Fsp3) is 0.261. The summed E-state index contributed by atoms with van der Waals surface area (Å²) in [6, 6.07) is 41.2. The van der Waals surface area contributed by atoms with Crippen molar-refractivity contribution in [2.45, 2.75) is 76.0 Å². The molecule has 2 nitrogen and oxygen atoms in total. The molecule has 0 atom stereocenters. The molecule has 0 unspecified atom stereocenters. The number of pyridine rings is 2. The van der Waals surface area contributed by atoms with E-state index >= 15 is 0 Å². The molecule has 0 radical (unpaired) electrons. The van der Waals surface area contributed by atoms with Gasteiger partial charge in [-0.25, -0.2) is 0 Å². The van der Waals surface area contributed by atoms with Gasteiger partial charge in [0.25, 0.3) is 0 Å². The maximum Gasteiger partial charge on any atom is 0.0974 e. The minimum absolute atomic E-state index is 0.517. The fourth-order valence-corrected chi connectivity index (χ4v) is 9.22. The molecule has 234 valence electrons. The van der Waals surface area contributed by atoms with Crippen molar-refractivity contribution in [3.63, 3.8) is 0 Å². The van der Waals surface area contributed by atoms with E-state index in [-0.39, 0.29) is 0 Å². The van der Waals surface area contributed by atoms with Crippen LogP contribution < -0.4 is 0 Å². The smallest absolute Gasteiger partial charge is 0.0974 e. The third-order valence-electron chi connectivity index (χ3n) is 11.7. The second-order valence-electron chi connectivity index (χ2n) is 14.6. The third-order valence-corrected chi connectivity index (χ3v) is 11.7. The molecule has 0 N–H and O–H groups in total. The second-order valence-corrected chi connectivity index (χ2v) is 14.6. The molecule has 2 heterocycles. The average Bonchev–Trinajstić information content (AvgIpc) is 3.49. The number of nitrogens with zero attached hydrogens (tertiary/aromatic N) is 2. The van der Waals surface area contributed by atoms with Gasteiger partial charge in [0.05, 0.1) is 11.0 Å². The summed E-state index contributed by atoms with van der Waals surface area (Å²) in [6.45, 7) is 0. The van der Waals surface area contributed by atoms with Crippen molar-refractivity contribution in [3.05, 3.63) is 121 Å². The highest BCUT2D eigenvalue weighted by atomic mass is 14.8. The van der Waals surface area contributed by atoms with Crippen LogP contribution in [0.3, 0.4) is 0 Å². The van der Waals surface area contributed by atoms with Crippen molar-refractivity contribution >= 4 is 32.6 Å². The lowest BCUT2D eigenvalue weighted by Crippen LogP contribution is -2.08. The van der Waals surface area contributed by atoms with Crippen molar-refractivity contribution in [3.8, 4) is 44.5 Å². The molecule has 3 aliphatic carbocycles. The molecule has 2 aromatic heterocycles. The summed E-state index contributed by atoms with van der Waals surface area (Å²) in [5.41, 5.74) is 15.1. The number of hydrogen-bond donors (Lipinski definition) is 0. The third kappa shape index (κ3) is 4.60. The summed E-state index contributed by atoms with van der Waals surface area (Å²) in [7, 11) is 0. The van der Waals surface area contributed by atoms with Crippen LogP contribution >= 0.6 is 0 Å².